The van der Waals surface area contributed by atoms with Gasteiger partial charge >= 0.3 is 0 Å². The maximum Gasteiger partial charge on any atom is 0.254 e. The molecule has 1 N–H and O–H groups in total. The zero-order chi connectivity index (χ0) is 19.7. The van der Waals surface area contributed by atoms with Crippen molar-refractivity contribution < 1.29 is 9.90 Å². The summed E-state index contributed by atoms with van der Waals surface area (Å²) in [7, 11) is 3.96. The highest BCUT2D eigenvalue weighted by Gasteiger charge is 2.26. The van der Waals surface area contributed by atoms with Crippen LogP contribution in [-0.2, 0) is 13.0 Å². The number of fused-ring (bicyclic) bond motifs is 1. The maximum absolute atomic E-state index is 12.9. The Morgan fingerprint density at radius 3 is 2.43 bits per heavy atom. The van der Waals surface area contributed by atoms with Crippen LogP contribution >= 0.6 is 0 Å². The molecule has 0 fully saturated rings. The minimum atomic E-state index is -0.0584. The Balaban J connectivity index is 1.69. The fourth-order valence-corrected chi connectivity index (χ4v) is 3.46. The van der Waals surface area contributed by atoms with Gasteiger partial charge in [-0.1, -0.05) is 30.3 Å². The average molecular weight is 374 g/mol. The molecule has 0 radical (unpaired) electrons. The summed E-state index contributed by atoms with van der Waals surface area (Å²) in [6.07, 6.45) is 0.710. The highest BCUT2D eigenvalue weighted by atomic mass is 16.3. The molecular weight excluding hydrogens is 352 g/mol. The first-order valence-electron chi connectivity index (χ1n) is 9.24. The lowest BCUT2D eigenvalue weighted by Gasteiger charge is -2.30. The third-order valence-corrected chi connectivity index (χ3v) is 4.90. The Bertz CT molecular complexity index is 1000. The van der Waals surface area contributed by atoms with Crippen molar-refractivity contribution in [3.05, 3.63) is 71.4 Å². The monoisotopic (exact) mass is 374 g/mol. The number of aromatic nitrogens is 2. The summed E-state index contributed by atoms with van der Waals surface area (Å²) < 4.78 is 0. The Hall–Kier alpha value is -3.41. The smallest absolute Gasteiger partial charge is 0.254 e. The number of anilines is 1. The van der Waals surface area contributed by atoms with Crippen molar-refractivity contribution in [2.24, 2.45) is 0 Å². The topological polar surface area (TPSA) is 69.6 Å². The zero-order valence-electron chi connectivity index (χ0n) is 16.0. The molecular formula is C22H22N4O2. The molecule has 142 valence electrons. The molecule has 0 saturated carbocycles. The second kappa shape index (κ2) is 7.31. The third-order valence-electron chi connectivity index (χ3n) is 4.90. The molecule has 6 heteroatoms. The lowest BCUT2D eigenvalue weighted by molar-refractivity contribution is 0.0732. The molecule has 0 unspecified atom stereocenters. The summed E-state index contributed by atoms with van der Waals surface area (Å²) in [6.45, 7) is 1.06. The van der Waals surface area contributed by atoms with Crippen LogP contribution < -0.4 is 4.90 Å². The summed E-state index contributed by atoms with van der Waals surface area (Å²) >= 11 is 0. The largest absolute Gasteiger partial charge is 0.508 e. The summed E-state index contributed by atoms with van der Waals surface area (Å²) in [6, 6.07) is 16.2. The van der Waals surface area contributed by atoms with Crippen LogP contribution in [0.15, 0.2) is 54.6 Å². The number of carbonyl (C=O) groups excluding carboxylic acids is 1. The Labute approximate surface area is 164 Å². The molecule has 2 aromatic carbocycles. The quantitative estimate of drug-likeness (QED) is 0.763. The maximum atomic E-state index is 12.9. The summed E-state index contributed by atoms with van der Waals surface area (Å²) in [5.74, 6) is 1.66. The van der Waals surface area contributed by atoms with Gasteiger partial charge in [0.05, 0.1) is 12.2 Å². The van der Waals surface area contributed by atoms with E-state index in [-0.39, 0.29) is 11.7 Å². The minimum absolute atomic E-state index is 0.0584. The lowest BCUT2D eigenvalue weighted by atomic mass is 10.0. The van der Waals surface area contributed by atoms with Gasteiger partial charge in [0.1, 0.15) is 11.6 Å². The first-order valence-corrected chi connectivity index (χ1v) is 9.24. The van der Waals surface area contributed by atoms with Crippen molar-refractivity contribution in [1.82, 2.24) is 14.9 Å². The van der Waals surface area contributed by atoms with Crippen LogP contribution in [0.1, 0.15) is 21.6 Å². The van der Waals surface area contributed by atoms with Crippen LogP contribution in [-0.4, -0.2) is 46.5 Å². The van der Waals surface area contributed by atoms with Gasteiger partial charge in [-0.05, 0) is 30.7 Å². The third kappa shape index (κ3) is 3.41. The first-order chi connectivity index (χ1) is 13.5. The van der Waals surface area contributed by atoms with E-state index in [1.807, 2.05) is 49.3 Å². The fourth-order valence-electron chi connectivity index (χ4n) is 3.46. The molecule has 2 heterocycles. The van der Waals surface area contributed by atoms with Crippen molar-refractivity contribution in [2.75, 3.05) is 25.5 Å². The second-order valence-corrected chi connectivity index (χ2v) is 7.08. The SMILES string of the molecule is CN(C)c1nc(-c2ccccc2)nc2c1CCN(C(=O)c1ccc(O)cc1)C2. The van der Waals surface area contributed by atoms with Crippen LogP contribution in [0.3, 0.4) is 0 Å². The van der Waals surface area contributed by atoms with Gasteiger partial charge in [0.25, 0.3) is 5.91 Å². The number of phenolic OH excluding ortho intramolecular Hbond substituents is 1. The number of benzene rings is 2. The Morgan fingerprint density at radius 2 is 1.75 bits per heavy atom. The highest BCUT2D eigenvalue weighted by Crippen LogP contribution is 2.29. The number of hydrogen-bond donors (Lipinski definition) is 1. The molecule has 1 amide bonds. The van der Waals surface area contributed by atoms with Crippen LogP contribution in [0.5, 0.6) is 5.75 Å². The average Bonchev–Trinajstić information content (AvgIpc) is 2.73. The van der Waals surface area contributed by atoms with E-state index in [0.29, 0.717) is 30.9 Å². The zero-order valence-corrected chi connectivity index (χ0v) is 16.0. The molecule has 28 heavy (non-hydrogen) atoms. The van der Waals surface area contributed by atoms with Crippen LogP contribution in [0.4, 0.5) is 5.82 Å². The first kappa shape index (κ1) is 18.0. The van der Waals surface area contributed by atoms with Gasteiger partial charge in [-0.2, -0.15) is 0 Å². The van der Waals surface area contributed by atoms with Gasteiger partial charge < -0.3 is 14.9 Å². The van der Waals surface area contributed by atoms with E-state index in [2.05, 4.69) is 0 Å². The molecule has 0 saturated heterocycles. The van der Waals surface area contributed by atoms with E-state index in [0.717, 1.165) is 22.6 Å². The Morgan fingerprint density at radius 1 is 1.04 bits per heavy atom. The van der Waals surface area contributed by atoms with Crippen molar-refractivity contribution in [3.8, 4) is 17.1 Å². The van der Waals surface area contributed by atoms with Gasteiger partial charge in [-0.15, -0.1) is 0 Å². The molecule has 3 aromatic rings. The number of rotatable bonds is 3. The van der Waals surface area contributed by atoms with Gasteiger partial charge in [-0.25, -0.2) is 9.97 Å². The van der Waals surface area contributed by atoms with Crippen molar-refractivity contribution >= 4 is 11.7 Å². The fraction of sp³-hybridized carbons (Fsp3) is 0.227. The summed E-state index contributed by atoms with van der Waals surface area (Å²) in [5.41, 5.74) is 3.50. The molecule has 0 bridgehead atoms. The van der Waals surface area contributed by atoms with Crippen LogP contribution in [0.25, 0.3) is 11.4 Å². The van der Waals surface area contributed by atoms with Crippen molar-refractivity contribution in [1.29, 1.82) is 0 Å². The molecule has 0 atom stereocenters. The molecule has 1 aromatic heterocycles. The highest BCUT2D eigenvalue weighted by molar-refractivity contribution is 5.94. The van der Waals surface area contributed by atoms with Gasteiger partial charge in [0.2, 0.25) is 0 Å². The van der Waals surface area contributed by atoms with Crippen molar-refractivity contribution in [2.45, 2.75) is 13.0 Å². The summed E-state index contributed by atoms with van der Waals surface area (Å²) in [4.78, 5) is 26.3. The molecule has 4 rings (SSSR count). The number of carbonyl (C=O) groups is 1. The number of nitrogens with zero attached hydrogens (tertiary/aromatic N) is 4. The molecule has 1 aliphatic heterocycles. The van der Waals surface area contributed by atoms with E-state index in [1.54, 1.807) is 17.0 Å². The second-order valence-electron chi connectivity index (χ2n) is 7.08. The molecule has 6 nitrogen and oxygen atoms in total. The van der Waals surface area contributed by atoms with Crippen LogP contribution in [0.2, 0.25) is 0 Å². The predicted octanol–water partition coefficient (Wildman–Crippen LogP) is 3.11. The molecule has 0 spiro atoms. The minimum Gasteiger partial charge on any atom is -0.508 e. The Kier molecular flexibility index (Phi) is 4.69. The lowest BCUT2D eigenvalue weighted by Crippen LogP contribution is -2.37. The van der Waals surface area contributed by atoms with E-state index in [9.17, 15) is 9.90 Å². The number of hydrogen-bond acceptors (Lipinski definition) is 5. The van der Waals surface area contributed by atoms with E-state index < -0.39 is 0 Å². The number of aromatic hydroxyl groups is 1. The van der Waals surface area contributed by atoms with E-state index >= 15 is 0 Å². The normalized spacial score (nSPS) is 13.1. The molecule has 0 aliphatic carbocycles. The van der Waals surface area contributed by atoms with Gasteiger partial charge in [0, 0.05) is 37.3 Å². The van der Waals surface area contributed by atoms with Crippen molar-refractivity contribution in [3.63, 3.8) is 0 Å². The number of amides is 1. The van der Waals surface area contributed by atoms with E-state index in [1.165, 1.54) is 12.1 Å². The molecule has 1 aliphatic rings. The predicted molar refractivity (Wildman–Crippen MR) is 108 cm³/mol. The van der Waals surface area contributed by atoms with Crippen LogP contribution in [0, 0.1) is 0 Å². The van der Waals surface area contributed by atoms with Gasteiger partial charge in [0.15, 0.2) is 5.82 Å². The number of phenols is 1. The summed E-state index contributed by atoms with van der Waals surface area (Å²) in [5, 5.41) is 9.45. The standard InChI is InChI=1S/C22H22N4O2/c1-25(2)21-18-12-13-26(22(28)16-8-10-17(27)11-9-16)14-19(18)23-20(24-21)15-6-4-3-5-7-15/h3-11,27H,12-14H2,1-2H3. The van der Waals surface area contributed by atoms with Gasteiger partial charge in [-0.3, -0.25) is 4.79 Å². The van der Waals surface area contributed by atoms with E-state index in [4.69, 9.17) is 9.97 Å².